The molecule has 1 saturated carbocycles. The van der Waals surface area contributed by atoms with Crippen LogP contribution in [-0.4, -0.2) is 48.8 Å². The van der Waals surface area contributed by atoms with E-state index in [0.29, 0.717) is 17.2 Å². The number of aliphatic carboxylic acids is 1. The second kappa shape index (κ2) is 6.34. The van der Waals surface area contributed by atoms with Crippen molar-refractivity contribution in [2.75, 3.05) is 26.1 Å². The maximum atomic E-state index is 12.2. The number of anilines is 1. The highest BCUT2D eigenvalue weighted by Crippen LogP contribution is 2.29. The fraction of sp³-hybridized carbons (Fsp3) is 0.429. The molecule has 21 heavy (non-hydrogen) atoms. The van der Waals surface area contributed by atoms with E-state index in [1.54, 1.807) is 18.2 Å². The second-order valence-electron chi connectivity index (χ2n) is 4.78. The van der Waals surface area contributed by atoms with Crippen LogP contribution < -0.4 is 14.8 Å². The fourth-order valence-electron chi connectivity index (χ4n) is 1.97. The third-order valence-corrected chi connectivity index (χ3v) is 3.16. The summed E-state index contributed by atoms with van der Waals surface area (Å²) in [6, 6.07) is 4.55. The van der Waals surface area contributed by atoms with Gasteiger partial charge in [-0.1, -0.05) is 0 Å². The van der Waals surface area contributed by atoms with Crippen LogP contribution in [0.2, 0.25) is 0 Å². The van der Waals surface area contributed by atoms with Gasteiger partial charge in [0.25, 0.3) is 0 Å². The SMILES string of the molecule is COc1cc(NC(=O)N(CC(=O)O)C2CC2)cc(OC)c1. The molecule has 0 bridgehead atoms. The average Bonchev–Trinajstić information content (AvgIpc) is 3.28. The maximum Gasteiger partial charge on any atom is 0.323 e. The van der Waals surface area contributed by atoms with Gasteiger partial charge in [0, 0.05) is 29.9 Å². The first-order valence-corrected chi connectivity index (χ1v) is 6.56. The number of amides is 2. The molecule has 0 heterocycles. The largest absolute Gasteiger partial charge is 0.497 e. The van der Waals surface area contributed by atoms with Crippen LogP contribution in [0.25, 0.3) is 0 Å². The lowest BCUT2D eigenvalue weighted by Gasteiger charge is -2.21. The molecule has 0 saturated heterocycles. The Morgan fingerprint density at radius 1 is 1.24 bits per heavy atom. The van der Waals surface area contributed by atoms with Crippen LogP contribution in [-0.2, 0) is 4.79 Å². The van der Waals surface area contributed by atoms with Gasteiger partial charge in [0.1, 0.15) is 18.0 Å². The van der Waals surface area contributed by atoms with E-state index >= 15 is 0 Å². The van der Waals surface area contributed by atoms with Crippen LogP contribution in [0, 0.1) is 0 Å². The van der Waals surface area contributed by atoms with Gasteiger partial charge < -0.3 is 24.8 Å². The van der Waals surface area contributed by atoms with Gasteiger partial charge in [-0.25, -0.2) is 4.79 Å². The fourth-order valence-corrected chi connectivity index (χ4v) is 1.97. The Morgan fingerprint density at radius 3 is 2.24 bits per heavy atom. The number of carbonyl (C=O) groups excluding carboxylic acids is 1. The standard InChI is InChI=1S/C14H18N2O5/c1-20-11-5-9(6-12(7-11)21-2)15-14(19)16(8-13(17)18)10-3-4-10/h5-7,10H,3-4,8H2,1-2H3,(H,15,19)(H,17,18). The van der Waals surface area contributed by atoms with Crippen molar-refractivity contribution in [3.05, 3.63) is 18.2 Å². The van der Waals surface area contributed by atoms with Crippen molar-refractivity contribution in [1.29, 1.82) is 0 Å². The molecule has 1 fully saturated rings. The number of methoxy groups -OCH3 is 2. The molecule has 0 aromatic heterocycles. The summed E-state index contributed by atoms with van der Waals surface area (Å²) in [5, 5.41) is 11.6. The van der Waals surface area contributed by atoms with Crippen molar-refractivity contribution in [2.45, 2.75) is 18.9 Å². The van der Waals surface area contributed by atoms with E-state index < -0.39 is 12.0 Å². The zero-order valence-corrected chi connectivity index (χ0v) is 12.0. The van der Waals surface area contributed by atoms with Gasteiger partial charge in [-0.15, -0.1) is 0 Å². The minimum atomic E-state index is -1.03. The van der Waals surface area contributed by atoms with Crippen LogP contribution in [0.5, 0.6) is 11.5 Å². The Bertz CT molecular complexity index is 520. The number of hydrogen-bond acceptors (Lipinski definition) is 4. The number of nitrogens with zero attached hydrogens (tertiary/aromatic N) is 1. The summed E-state index contributed by atoms with van der Waals surface area (Å²) in [7, 11) is 3.03. The van der Waals surface area contributed by atoms with E-state index in [-0.39, 0.29) is 12.6 Å². The summed E-state index contributed by atoms with van der Waals surface area (Å²) >= 11 is 0. The Hall–Kier alpha value is -2.44. The van der Waals surface area contributed by atoms with E-state index in [9.17, 15) is 9.59 Å². The highest BCUT2D eigenvalue weighted by Gasteiger charge is 2.34. The van der Waals surface area contributed by atoms with Crippen molar-refractivity contribution < 1.29 is 24.2 Å². The van der Waals surface area contributed by atoms with Gasteiger partial charge in [0.05, 0.1) is 14.2 Å². The van der Waals surface area contributed by atoms with E-state index in [1.165, 1.54) is 19.1 Å². The highest BCUT2D eigenvalue weighted by molar-refractivity contribution is 5.92. The third-order valence-electron chi connectivity index (χ3n) is 3.16. The van der Waals surface area contributed by atoms with Crippen LogP contribution >= 0.6 is 0 Å². The van der Waals surface area contributed by atoms with Crippen molar-refractivity contribution in [3.63, 3.8) is 0 Å². The molecular formula is C14H18N2O5. The molecule has 0 spiro atoms. The number of urea groups is 1. The van der Waals surface area contributed by atoms with Gasteiger partial charge >= 0.3 is 12.0 Å². The Balaban J connectivity index is 2.11. The topological polar surface area (TPSA) is 88.1 Å². The van der Waals surface area contributed by atoms with E-state index in [4.69, 9.17) is 14.6 Å². The summed E-state index contributed by atoms with van der Waals surface area (Å²) in [5.41, 5.74) is 0.493. The first-order valence-electron chi connectivity index (χ1n) is 6.56. The van der Waals surface area contributed by atoms with Crippen LogP contribution in [0.4, 0.5) is 10.5 Å². The molecular weight excluding hydrogens is 276 g/mol. The molecule has 114 valence electrons. The molecule has 2 amide bonds. The van der Waals surface area contributed by atoms with Crippen LogP contribution in [0.15, 0.2) is 18.2 Å². The number of nitrogens with one attached hydrogen (secondary N) is 1. The number of hydrogen-bond donors (Lipinski definition) is 2. The molecule has 0 unspecified atom stereocenters. The zero-order valence-electron chi connectivity index (χ0n) is 12.0. The molecule has 0 radical (unpaired) electrons. The number of carboxylic acids is 1. The lowest BCUT2D eigenvalue weighted by molar-refractivity contribution is -0.137. The lowest BCUT2D eigenvalue weighted by atomic mass is 10.2. The molecule has 7 nitrogen and oxygen atoms in total. The number of benzene rings is 1. The monoisotopic (exact) mass is 294 g/mol. The maximum absolute atomic E-state index is 12.2. The van der Waals surface area contributed by atoms with E-state index in [0.717, 1.165) is 12.8 Å². The number of ether oxygens (including phenoxy) is 2. The molecule has 1 aliphatic carbocycles. The van der Waals surface area contributed by atoms with Gasteiger partial charge in [-0.3, -0.25) is 4.79 Å². The summed E-state index contributed by atoms with van der Waals surface area (Å²) in [6.45, 7) is -0.308. The minimum absolute atomic E-state index is 0.00797. The molecule has 0 atom stereocenters. The molecule has 2 N–H and O–H groups in total. The zero-order chi connectivity index (χ0) is 15.4. The predicted octanol–water partition coefficient (Wildman–Crippen LogP) is 1.78. The summed E-state index contributed by atoms with van der Waals surface area (Å²) in [4.78, 5) is 24.4. The summed E-state index contributed by atoms with van der Waals surface area (Å²) < 4.78 is 10.2. The molecule has 7 heteroatoms. The molecule has 1 aromatic carbocycles. The predicted molar refractivity (Wildman–Crippen MR) is 75.9 cm³/mol. The van der Waals surface area contributed by atoms with Crippen molar-refractivity contribution >= 4 is 17.7 Å². The van der Waals surface area contributed by atoms with Gasteiger partial charge in [0.2, 0.25) is 0 Å². The second-order valence-corrected chi connectivity index (χ2v) is 4.78. The summed E-state index contributed by atoms with van der Waals surface area (Å²) in [5.74, 6) is 0.0574. The molecule has 2 rings (SSSR count). The van der Waals surface area contributed by atoms with Crippen molar-refractivity contribution in [1.82, 2.24) is 4.90 Å². The van der Waals surface area contributed by atoms with E-state index in [2.05, 4.69) is 5.32 Å². The van der Waals surface area contributed by atoms with Gasteiger partial charge in [-0.05, 0) is 12.8 Å². The Kier molecular flexibility index (Phi) is 4.52. The first kappa shape index (κ1) is 15.0. The quantitative estimate of drug-likeness (QED) is 0.835. The van der Waals surface area contributed by atoms with E-state index in [1.807, 2.05) is 0 Å². The number of carbonyl (C=O) groups is 2. The van der Waals surface area contributed by atoms with Crippen LogP contribution in [0.1, 0.15) is 12.8 Å². The minimum Gasteiger partial charge on any atom is -0.497 e. The Morgan fingerprint density at radius 2 is 1.81 bits per heavy atom. The molecule has 1 aromatic rings. The van der Waals surface area contributed by atoms with Crippen molar-refractivity contribution in [3.8, 4) is 11.5 Å². The number of rotatable bonds is 6. The van der Waals surface area contributed by atoms with Gasteiger partial charge in [-0.2, -0.15) is 0 Å². The normalized spacial score (nSPS) is 13.4. The molecule has 0 aliphatic heterocycles. The third kappa shape index (κ3) is 4.01. The van der Waals surface area contributed by atoms with Gasteiger partial charge in [0.15, 0.2) is 0 Å². The molecule has 1 aliphatic rings. The smallest absolute Gasteiger partial charge is 0.323 e. The Labute approximate surface area is 122 Å². The number of carboxylic acid groups (broad SMARTS) is 1. The first-order chi connectivity index (χ1) is 10.0. The van der Waals surface area contributed by atoms with Crippen LogP contribution in [0.3, 0.4) is 0 Å². The van der Waals surface area contributed by atoms with Crippen molar-refractivity contribution in [2.24, 2.45) is 0 Å². The lowest BCUT2D eigenvalue weighted by Crippen LogP contribution is -2.40. The highest BCUT2D eigenvalue weighted by atomic mass is 16.5. The summed E-state index contributed by atoms with van der Waals surface area (Å²) in [6.07, 6.45) is 1.67. The average molecular weight is 294 g/mol.